The van der Waals surface area contributed by atoms with Crippen LogP contribution in [0, 0.1) is 0 Å². The van der Waals surface area contributed by atoms with Crippen LogP contribution in [-0.4, -0.2) is 35.3 Å². The van der Waals surface area contributed by atoms with Crippen LogP contribution in [0.2, 0.25) is 0 Å². The zero-order valence-electron chi connectivity index (χ0n) is 11.0. The molecule has 1 saturated heterocycles. The van der Waals surface area contributed by atoms with Crippen molar-refractivity contribution in [1.29, 1.82) is 0 Å². The summed E-state index contributed by atoms with van der Waals surface area (Å²) in [4.78, 5) is 12.9. The van der Waals surface area contributed by atoms with Crippen LogP contribution >= 0.6 is 0 Å². The van der Waals surface area contributed by atoms with E-state index < -0.39 is 5.60 Å². The average molecular weight is 252 g/mol. The van der Waals surface area contributed by atoms with Gasteiger partial charge in [0.15, 0.2) is 5.82 Å². The molecule has 2 N–H and O–H groups in total. The van der Waals surface area contributed by atoms with Crippen molar-refractivity contribution >= 4 is 5.95 Å². The van der Waals surface area contributed by atoms with E-state index in [1.807, 2.05) is 0 Å². The van der Waals surface area contributed by atoms with Crippen LogP contribution in [-0.2, 0) is 21.5 Å². The maximum atomic E-state index is 5.76. The predicted molar refractivity (Wildman–Crippen MR) is 67.0 cm³/mol. The summed E-state index contributed by atoms with van der Waals surface area (Å²) in [6.45, 7) is 3.39. The molecule has 1 aromatic heterocycles. The first-order valence-corrected chi connectivity index (χ1v) is 6.34. The summed E-state index contributed by atoms with van der Waals surface area (Å²) in [7, 11) is 1.69. The molecular weight excluding hydrogens is 232 g/mol. The third kappa shape index (κ3) is 2.59. The van der Waals surface area contributed by atoms with Gasteiger partial charge in [-0.15, -0.1) is 0 Å². The lowest BCUT2D eigenvalue weighted by molar-refractivity contribution is -0.100. The fraction of sp³-hybridized carbons (Fsp3) is 0.750. The fourth-order valence-electron chi connectivity index (χ4n) is 2.20. The van der Waals surface area contributed by atoms with Crippen molar-refractivity contribution in [3.63, 3.8) is 0 Å². The summed E-state index contributed by atoms with van der Waals surface area (Å²) in [6.07, 6.45) is 3.28. The molecule has 0 amide bonds. The average Bonchev–Trinajstić information content (AvgIpc) is 2.39. The minimum Gasteiger partial charge on any atom is -0.381 e. The van der Waals surface area contributed by atoms with E-state index in [2.05, 4.69) is 21.9 Å². The van der Waals surface area contributed by atoms with Crippen LogP contribution < -0.4 is 5.73 Å². The fourth-order valence-corrected chi connectivity index (χ4v) is 2.20. The number of aryl methyl sites for hydroxylation is 1. The predicted octanol–water partition coefficient (Wildman–Crippen LogP) is 1.06. The topological polar surface area (TPSA) is 83.2 Å². The van der Waals surface area contributed by atoms with Gasteiger partial charge in [-0.05, 0) is 6.42 Å². The summed E-state index contributed by atoms with van der Waals surface area (Å²) in [5.74, 6) is 1.65. The highest BCUT2D eigenvalue weighted by Gasteiger charge is 2.38. The molecule has 2 rings (SSSR count). The van der Waals surface area contributed by atoms with Crippen molar-refractivity contribution in [2.24, 2.45) is 0 Å². The number of nitrogen functional groups attached to an aromatic ring is 1. The Kier molecular flexibility index (Phi) is 4.08. The van der Waals surface area contributed by atoms with Gasteiger partial charge in [0.05, 0.1) is 0 Å². The Hall–Kier alpha value is -1.27. The first-order chi connectivity index (χ1) is 8.70. The summed E-state index contributed by atoms with van der Waals surface area (Å²) < 4.78 is 11.0. The summed E-state index contributed by atoms with van der Waals surface area (Å²) >= 11 is 0. The zero-order valence-corrected chi connectivity index (χ0v) is 11.0. The molecule has 0 unspecified atom stereocenters. The number of hydrogen-bond donors (Lipinski definition) is 1. The smallest absolute Gasteiger partial charge is 0.223 e. The first kappa shape index (κ1) is 13.2. The maximum absolute atomic E-state index is 5.76. The van der Waals surface area contributed by atoms with E-state index in [-0.39, 0.29) is 5.95 Å². The van der Waals surface area contributed by atoms with Gasteiger partial charge in [0.1, 0.15) is 11.4 Å². The van der Waals surface area contributed by atoms with Gasteiger partial charge in [-0.25, -0.2) is 4.98 Å². The maximum Gasteiger partial charge on any atom is 0.223 e. The molecule has 0 atom stereocenters. The van der Waals surface area contributed by atoms with Gasteiger partial charge < -0.3 is 15.2 Å². The Morgan fingerprint density at radius 1 is 1.28 bits per heavy atom. The molecule has 0 saturated carbocycles. The normalized spacial score (nSPS) is 18.8. The molecule has 1 fully saturated rings. The summed E-state index contributed by atoms with van der Waals surface area (Å²) in [5, 5.41) is 0. The molecule has 0 radical (unpaired) electrons. The second-order valence-electron chi connectivity index (χ2n) is 4.49. The van der Waals surface area contributed by atoms with Gasteiger partial charge in [0.25, 0.3) is 0 Å². The van der Waals surface area contributed by atoms with Crippen molar-refractivity contribution in [3.05, 3.63) is 11.6 Å². The Bertz CT molecular complexity index is 405. The number of anilines is 1. The molecule has 0 aromatic carbocycles. The summed E-state index contributed by atoms with van der Waals surface area (Å²) in [5.41, 5.74) is 5.29. The number of ether oxygens (including phenoxy) is 2. The van der Waals surface area contributed by atoms with Crippen molar-refractivity contribution in [3.8, 4) is 0 Å². The van der Waals surface area contributed by atoms with E-state index in [1.165, 1.54) is 0 Å². The SMILES string of the molecule is CCCc1nc(N)nc(C2(OC)CCOCC2)n1. The molecule has 1 aliphatic heterocycles. The Balaban J connectivity index is 2.34. The van der Waals surface area contributed by atoms with E-state index >= 15 is 0 Å². The van der Waals surface area contributed by atoms with E-state index in [9.17, 15) is 0 Å². The van der Waals surface area contributed by atoms with Gasteiger partial charge in [-0.1, -0.05) is 6.92 Å². The number of rotatable bonds is 4. The standard InChI is InChI=1S/C12H20N4O2/c1-3-4-9-14-10(16-11(13)15-9)12(17-2)5-7-18-8-6-12/h3-8H2,1-2H3,(H2,13,14,15,16). The van der Waals surface area contributed by atoms with E-state index in [4.69, 9.17) is 15.2 Å². The van der Waals surface area contributed by atoms with Gasteiger partial charge in [-0.3, -0.25) is 0 Å². The second-order valence-corrected chi connectivity index (χ2v) is 4.49. The quantitative estimate of drug-likeness (QED) is 0.862. The van der Waals surface area contributed by atoms with Crippen LogP contribution in [0.3, 0.4) is 0 Å². The number of methoxy groups -OCH3 is 1. The number of hydrogen-bond acceptors (Lipinski definition) is 6. The Morgan fingerprint density at radius 3 is 2.61 bits per heavy atom. The van der Waals surface area contributed by atoms with Crippen LogP contribution in [0.4, 0.5) is 5.95 Å². The second kappa shape index (κ2) is 5.58. The minimum absolute atomic E-state index is 0.270. The van der Waals surface area contributed by atoms with Gasteiger partial charge in [0.2, 0.25) is 5.95 Å². The van der Waals surface area contributed by atoms with Crippen molar-refractivity contribution in [2.75, 3.05) is 26.1 Å². The molecule has 0 spiro atoms. The molecule has 6 heteroatoms. The zero-order chi connectivity index (χ0) is 13.0. The molecule has 1 aliphatic rings. The van der Waals surface area contributed by atoms with Crippen molar-refractivity contribution in [1.82, 2.24) is 15.0 Å². The molecule has 6 nitrogen and oxygen atoms in total. The van der Waals surface area contributed by atoms with E-state index in [1.54, 1.807) is 7.11 Å². The molecule has 18 heavy (non-hydrogen) atoms. The van der Waals surface area contributed by atoms with Gasteiger partial charge in [0, 0.05) is 39.6 Å². The highest BCUT2D eigenvalue weighted by molar-refractivity contribution is 5.19. The monoisotopic (exact) mass is 252 g/mol. The highest BCUT2D eigenvalue weighted by Crippen LogP contribution is 2.33. The van der Waals surface area contributed by atoms with Crippen molar-refractivity contribution < 1.29 is 9.47 Å². The van der Waals surface area contributed by atoms with E-state index in [0.29, 0.717) is 19.0 Å². The highest BCUT2D eigenvalue weighted by atomic mass is 16.5. The van der Waals surface area contributed by atoms with Gasteiger partial charge in [-0.2, -0.15) is 9.97 Å². The minimum atomic E-state index is -0.474. The van der Waals surface area contributed by atoms with Crippen LogP contribution in [0.25, 0.3) is 0 Å². The van der Waals surface area contributed by atoms with Crippen molar-refractivity contribution in [2.45, 2.75) is 38.2 Å². The Morgan fingerprint density at radius 2 is 2.00 bits per heavy atom. The summed E-state index contributed by atoms with van der Waals surface area (Å²) in [6, 6.07) is 0. The lowest BCUT2D eigenvalue weighted by Gasteiger charge is -2.34. The molecule has 0 bridgehead atoms. The van der Waals surface area contributed by atoms with E-state index in [0.717, 1.165) is 31.5 Å². The largest absolute Gasteiger partial charge is 0.381 e. The Labute approximate surface area is 107 Å². The van der Waals surface area contributed by atoms with Crippen LogP contribution in [0.15, 0.2) is 0 Å². The third-order valence-corrected chi connectivity index (χ3v) is 3.27. The number of nitrogens with zero attached hydrogens (tertiary/aromatic N) is 3. The molecular formula is C12H20N4O2. The molecule has 100 valence electrons. The lowest BCUT2D eigenvalue weighted by Crippen LogP contribution is -2.38. The first-order valence-electron chi connectivity index (χ1n) is 6.34. The molecule has 0 aliphatic carbocycles. The number of nitrogens with two attached hydrogens (primary N) is 1. The lowest BCUT2D eigenvalue weighted by atomic mass is 9.93. The van der Waals surface area contributed by atoms with Gasteiger partial charge >= 0.3 is 0 Å². The van der Waals surface area contributed by atoms with Crippen LogP contribution in [0.5, 0.6) is 0 Å². The third-order valence-electron chi connectivity index (χ3n) is 3.27. The molecule has 1 aromatic rings. The molecule has 2 heterocycles. The van der Waals surface area contributed by atoms with Crippen LogP contribution in [0.1, 0.15) is 37.8 Å². The number of aromatic nitrogens is 3.